The Hall–Kier alpha value is -0.340. The smallest absolute Gasteiger partial charge is 0.0252 e. The van der Waals surface area contributed by atoms with Gasteiger partial charge in [0.05, 0.1) is 0 Å². The maximum Gasteiger partial charge on any atom is 0.0252 e. The lowest BCUT2D eigenvalue weighted by molar-refractivity contribution is 0.205. The molecule has 76 valence electrons. The Morgan fingerprint density at radius 2 is 2.23 bits per heavy atom. The molecule has 1 atom stereocenters. The molecule has 1 aliphatic rings. The summed E-state index contributed by atoms with van der Waals surface area (Å²) in [6.45, 7) is 14.0. The van der Waals surface area contributed by atoms with Gasteiger partial charge in [0.15, 0.2) is 0 Å². The third-order valence-electron chi connectivity index (χ3n) is 2.74. The van der Waals surface area contributed by atoms with Gasteiger partial charge in [-0.3, -0.25) is 4.90 Å². The molecule has 0 saturated carbocycles. The summed E-state index contributed by atoms with van der Waals surface area (Å²) in [4.78, 5) is 2.49. The SMILES string of the molecule is C=CC(C)N1CCCNC(C)(C)C1. The monoisotopic (exact) mass is 182 g/mol. The van der Waals surface area contributed by atoms with E-state index >= 15 is 0 Å². The zero-order valence-electron chi connectivity index (χ0n) is 9.14. The van der Waals surface area contributed by atoms with Crippen molar-refractivity contribution in [2.45, 2.75) is 38.8 Å². The van der Waals surface area contributed by atoms with Crippen molar-refractivity contribution in [1.29, 1.82) is 0 Å². The lowest BCUT2D eigenvalue weighted by Gasteiger charge is -2.32. The maximum atomic E-state index is 3.85. The Kier molecular flexibility index (Phi) is 3.51. The van der Waals surface area contributed by atoms with Gasteiger partial charge < -0.3 is 5.32 Å². The zero-order valence-corrected chi connectivity index (χ0v) is 9.14. The summed E-state index contributed by atoms with van der Waals surface area (Å²) in [5.41, 5.74) is 0.244. The molecule has 1 aliphatic heterocycles. The van der Waals surface area contributed by atoms with Crippen LogP contribution in [0.4, 0.5) is 0 Å². The molecule has 0 aromatic carbocycles. The highest BCUT2D eigenvalue weighted by molar-refractivity contribution is 4.91. The minimum Gasteiger partial charge on any atom is -0.310 e. The van der Waals surface area contributed by atoms with E-state index in [1.54, 1.807) is 0 Å². The number of rotatable bonds is 2. The average molecular weight is 182 g/mol. The molecule has 1 N–H and O–H groups in total. The highest BCUT2D eigenvalue weighted by atomic mass is 15.2. The van der Waals surface area contributed by atoms with Gasteiger partial charge in [-0.05, 0) is 40.3 Å². The number of nitrogens with zero attached hydrogens (tertiary/aromatic N) is 1. The highest BCUT2D eigenvalue weighted by Gasteiger charge is 2.25. The van der Waals surface area contributed by atoms with Crippen LogP contribution in [0.3, 0.4) is 0 Å². The molecule has 0 bridgehead atoms. The molecule has 2 nitrogen and oxygen atoms in total. The van der Waals surface area contributed by atoms with Crippen molar-refractivity contribution in [2.24, 2.45) is 0 Å². The van der Waals surface area contributed by atoms with Gasteiger partial charge in [-0.15, -0.1) is 6.58 Å². The molecule has 13 heavy (non-hydrogen) atoms. The molecule has 0 aromatic heterocycles. The standard InChI is InChI=1S/C11H22N2/c1-5-10(2)13-8-6-7-12-11(3,4)9-13/h5,10,12H,1,6-9H2,2-4H3. The van der Waals surface area contributed by atoms with Gasteiger partial charge >= 0.3 is 0 Å². The first kappa shape index (κ1) is 10.7. The highest BCUT2D eigenvalue weighted by Crippen LogP contribution is 2.13. The van der Waals surface area contributed by atoms with Crippen molar-refractivity contribution in [1.82, 2.24) is 10.2 Å². The van der Waals surface area contributed by atoms with Crippen LogP contribution >= 0.6 is 0 Å². The fourth-order valence-electron chi connectivity index (χ4n) is 1.85. The molecule has 1 unspecified atom stereocenters. The summed E-state index contributed by atoms with van der Waals surface area (Å²) in [5.74, 6) is 0. The lowest BCUT2D eigenvalue weighted by atomic mass is 10.0. The van der Waals surface area contributed by atoms with E-state index < -0.39 is 0 Å². The fourth-order valence-corrected chi connectivity index (χ4v) is 1.85. The molecule has 0 aromatic rings. The van der Waals surface area contributed by atoms with Gasteiger partial charge in [0, 0.05) is 18.1 Å². The van der Waals surface area contributed by atoms with E-state index in [1.165, 1.54) is 13.0 Å². The molecule has 0 spiro atoms. The van der Waals surface area contributed by atoms with Crippen LogP contribution < -0.4 is 5.32 Å². The molecule has 1 rings (SSSR count). The van der Waals surface area contributed by atoms with E-state index in [4.69, 9.17) is 0 Å². The Bertz CT molecular complexity index is 175. The molecular weight excluding hydrogens is 160 g/mol. The van der Waals surface area contributed by atoms with Gasteiger partial charge in [-0.1, -0.05) is 6.08 Å². The van der Waals surface area contributed by atoms with E-state index in [9.17, 15) is 0 Å². The van der Waals surface area contributed by atoms with Crippen LogP contribution in [0.15, 0.2) is 12.7 Å². The Balaban J connectivity index is 2.59. The summed E-state index contributed by atoms with van der Waals surface area (Å²) in [7, 11) is 0. The summed E-state index contributed by atoms with van der Waals surface area (Å²) < 4.78 is 0. The van der Waals surface area contributed by atoms with Crippen LogP contribution in [-0.2, 0) is 0 Å². The Morgan fingerprint density at radius 3 is 2.85 bits per heavy atom. The lowest BCUT2D eigenvalue weighted by Crippen LogP contribution is -2.48. The Morgan fingerprint density at radius 1 is 1.54 bits per heavy atom. The minimum atomic E-state index is 0.244. The van der Waals surface area contributed by atoms with Crippen molar-refractivity contribution < 1.29 is 0 Å². The molecule has 1 fully saturated rings. The van der Waals surface area contributed by atoms with Crippen LogP contribution in [0.1, 0.15) is 27.2 Å². The van der Waals surface area contributed by atoms with Crippen LogP contribution in [0.2, 0.25) is 0 Å². The zero-order chi connectivity index (χ0) is 9.90. The van der Waals surface area contributed by atoms with Gasteiger partial charge in [-0.25, -0.2) is 0 Å². The molecule has 0 amide bonds. The van der Waals surface area contributed by atoms with Crippen molar-refractivity contribution in [3.8, 4) is 0 Å². The van der Waals surface area contributed by atoms with E-state index in [0.717, 1.165) is 13.1 Å². The van der Waals surface area contributed by atoms with E-state index in [2.05, 4.69) is 37.6 Å². The van der Waals surface area contributed by atoms with Gasteiger partial charge in [0.1, 0.15) is 0 Å². The molecule has 1 saturated heterocycles. The van der Waals surface area contributed by atoms with Crippen LogP contribution in [0.5, 0.6) is 0 Å². The minimum absolute atomic E-state index is 0.244. The second-order valence-corrected chi connectivity index (χ2v) is 4.61. The van der Waals surface area contributed by atoms with Gasteiger partial charge in [-0.2, -0.15) is 0 Å². The number of hydrogen-bond acceptors (Lipinski definition) is 2. The summed E-state index contributed by atoms with van der Waals surface area (Å²) >= 11 is 0. The quantitative estimate of drug-likeness (QED) is 0.653. The number of nitrogens with one attached hydrogen (secondary N) is 1. The van der Waals surface area contributed by atoms with Crippen molar-refractivity contribution >= 4 is 0 Å². The third-order valence-corrected chi connectivity index (χ3v) is 2.74. The van der Waals surface area contributed by atoms with Crippen LogP contribution in [0, 0.1) is 0 Å². The number of hydrogen-bond donors (Lipinski definition) is 1. The second kappa shape index (κ2) is 4.25. The van der Waals surface area contributed by atoms with E-state index in [1.807, 2.05) is 6.08 Å². The molecule has 2 heteroatoms. The predicted octanol–water partition coefficient (Wildman–Crippen LogP) is 1.63. The first-order valence-electron chi connectivity index (χ1n) is 5.17. The van der Waals surface area contributed by atoms with Crippen molar-refractivity contribution in [2.75, 3.05) is 19.6 Å². The topological polar surface area (TPSA) is 15.3 Å². The average Bonchev–Trinajstić information content (AvgIpc) is 2.25. The van der Waals surface area contributed by atoms with Crippen molar-refractivity contribution in [3.05, 3.63) is 12.7 Å². The van der Waals surface area contributed by atoms with Crippen molar-refractivity contribution in [3.63, 3.8) is 0 Å². The molecular formula is C11H22N2. The molecule has 0 radical (unpaired) electrons. The molecule has 0 aliphatic carbocycles. The first-order valence-corrected chi connectivity index (χ1v) is 5.17. The first-order chi connectivity index (χ1) is 6.05. The second-order valence-electron chi connectivity index (χ2n) is 4.61. The van der Waals surface area contributed by atoms with E-state index in [-0.39, 0.29) is 5.54 Å². The third kappa shape index (κ3) is 3.12. The molecule has 1 heterocycles. The van der Waals surface area contributed by atoms with Crippen LogP contribution in [0.25, 0.3) is 0 Å². The summed E-state index contributed by atoms with van der Waals surface area (Å²) in [6, 6.07) is 0.499. The summed E-state index contributed by atoms with van der Waals surface area (Å²) in [5, 5.41) is 3.55. The largest absolute Gasteiger partial charge is 0.310 e. The van der Waals surface area contributed by atoms with Gasteiger partial charge in [0.25, 0.3) is 0 Å². The Labute approximate surface area is 82.0 Å². The summed E-state index contributed by atoms with van der Waals surface area (Å²) in [6.07, 6.45) is 3.27. The maximum absolute atomic E-state index is 3.85. The van der Waals surface area contributed by atoms with Crippen LogP contribution in [-0.4, -0.2) is 36.1 Å². The fraction of sp³-hybridized carbons (Fsp3) is 0.818. The normalized spacial score (nSPS) is 26.4. The van der Waals surface area contributed by atoms with Gasteiger partial charge in [0.2, 0.25) is 0 Å². The predicted molar refractivity (Wildman–Crippen MR) is 57.9 cm³/mol. The van der Waals surface area contributed by atoms with E-state index in [0.29, 0.717) is 6.04 Å².